The van der Waals surface area contributed by atoms with Gasteiger partial charge in [0.1, 0.15) is 5.75 Å². The fourth-order valence-electron chi connectivity index (χ4n) is 1.66. The molecule has 1 aromatic carbocycles. The number of ether oxygens (including phenoxy) is 1. The molecule has 1 aliphatic rings. The molecule has 0 bridgehead atoms. The lowest BCUT2D eigenvalue weighted by molar-refractivity contribution is -0.165. The lowest BCUT2D eigenvalue weighted by Crippen LogP contribution is -2.30. The van der Waals surface area contributed by atoms with Crippen LogP contribution in [0.25, 0.3) is 0 Å². The maximum atomic E-state index is 12.7. The second-order valence-electron chi connectivity index (χ2n) is 3.57. The summed E-state index contributed by atoms with van der Waals surface area (Å²) in [7, 11) is 0. The van der Waals surface area contributed by atoms with Gasteiger partial charge in [0.05, 0.1) is 12.3 Å². The summed E-state index contributed by atoms with van der Waals surface area (Å²) in [6.45, 7) is 0. The van der Waals surface area contributed by atoms with Gasteiger partial charge < -0.3 is 10.5 Å². The largest absolute Gasteiger partial charge is 0.426 e. The summed E-state index contributed by atoms with van der Waals surface area (Å²) >= 11 is 0. The fraction of sp³-hybridized carbons (Fsp3) is 0.300. The smallest absolute Gasteiger partial charge is 0.396 e. The van der Waals surface area contributed by atoms with Crippen LogP contribution >= 0.6 is 0 Å². The third kappa shape index (κ3) is 1.82. The highest BCUT2D eigenvalue weighted by Gasteiger charge is 2.46. The molecule has 2 rings (SSSR count). The highest BCUT2D eigenvalue weighted by molar-refractivity contribution is 5.77. The van der Waals surface area contributed by atoms with Crippen LogP contribution in [-0.4, -0.2) is 12.1 Å². The molecular weight excluding hydrogens is 223 g/mol. The number of halogens is 3. The Balaban J connectivity index is 2.50. The van der Waals surface area contributed by atoms with Crippen LogP contribution in [-0.2, 0) is 4.79 Å². The number of hydrogen-bond donors (Lipinski definition) is 1. The van der Waals surface area contributed by atoms with E-state index in [1.54, 1.807) is 0 Å². The van der Waals surface area contributed by atoms with Crippen molar-refractivity contribution in [2.24, 2.45) is 0 Å². The van der Waals surface area contributed by atoms with Gasteiger partial charge in [-0.05, 0) is 6.07 Å². The molecule has 0 fully saturated rings. The highest BCUT2D eigenvalue weighted by Crippen LogP contribution is 2.44. The van der Waals surface area contributed by atoms with Crippen molar-refractivity contribution in [2.75, 3.05) is 5.73 Å². The summed E-state index contributed by atoms with van der Waals surface area (Å²) in [6.07, 6.45) is -5.13. The number of carbonyl (C=O) groups is 1. The maximum absolute atomic E-state index is 12.7. The van der Waals surface area contributed by atoms with Gasteiger partial charge >= 0.3 is 12.1 Å². The van der Waals surface area contributed by atoms with E-state index in [2.05, 4.69) is 0 Å². The minimum atomic E-state index is -4.45. The Morgan fingerprint density at radius 2 is 2.06 bits per heavy atom. The average Bonchev–Trinajstić information content (AvgIpc) is 2.14. The molecule has 0 spiro atoms. The molecule has 0 aromatic heterocycles. The lowest BCUT2D eigenvalue weighted by Gasteiger charge is -2.26. The van der Waals surface area contributed by atoms with Crippen LogP contribution in [0, 0.1) is 0 Å². The summed E-state index contributed by atoms with van der Waals surface area (Å²) in [4.78, 5) is 11.0. The van der Waals surface area contributed by atoms with E-state index < -0.39 is 24.5 Å². The summed E-state index contributed by atoms with van der Waals surface area (Å²) < 4.78 is 42.7. The SMILES string of the molecule is Nc1ccc2c(c1)OC(=O)CC2C(F)(F)F. The molecule has 2 N–H and O–H groups in total. The molecule has 0 amide bonds. The van der Waals surface area contributed by atoms with Crippen LogP contribution < -0.4 is 10.5 Å². The molecule has 1 atom stereocenters. The predicted octanol–water partition coefficient (Wildman–Crippen LogP) is 2.22. The number of alkyl halides is 3. The number of benzene rings is 1. The quantitative estimate of drug-likeness (QED) is 0.423. The Morgan fingerprint density at radius 1 is 1.38 bits per heavy atom. The van der Waals surface area contributed by atoms with Gasteiger partial charge in [-0.2, -0.15) is 13.2 Å². The van der Waals surface area contributed by atoms with Crippen LogP contribution in [0.4, 0.5) is 18.9 Å². The zero-order valence-electron chi connectivity index (χ0n) is 8.04. The Hall–Kier alpha value is -1.72. The third-order valence-electron chi connectivity index (χ3n) is 2.40. The van der Waals surface area contributed by atoms with Crippen molar-refractivity contribution in [3.8, 4) is 5.75 Å². The first kappa shape index (κ1) is 10.8. The molecule has 0 saturated carbocycles. The van der Waals surface area contributed by atoms with Gasteiger partial charge in [-0.1, -0.05) is 6.07 Å². The lowest BCUT2D eigenvalue weighted by atomic mass is 9.92. The number of esters is 1. The number of nitrogen functional groups attached to an aromatic ring is 1. The Morgan fingerprint density at radius 3 is 2.69 bits per heavy atom. The summed E-state index contributed by atoms with van der Waals surface area (Å²) in [5, 5.41) is 0. The molecule has 3 nitrogen and oxygen atoms in total. The van der Waals surface area contributed by atoms with Crippen molar-refractivity contribution in [1.82, 2.24) is 0 Å². The zero-order chi connectivity index (χ0) is 11.9. The molecule has 1 aliphatic heterocycles. The van der Waals surface area contributed by atoms with Crippen molar-refractivity contribution in [1.29, 1.82) is 0 Å². The Labute approximate surface area is 89.0 Å². The van der Waals surface area contributed by atoms with Crippen LogP contribution in [0.2, 0.25) is 0 Å². The minimum Gasteiger partial charge on any atom is -0.426 e. The second kappa shape index (κ2) is 3.40. The van der Waals surface area contributed by atoms with Gasteiger partial charge in [0, 0.05) is 17.3 Å². The van der Waals surface area contributed by atoms with Gasteiger partial charge in [0.25, 0.3) is 0 Å². The molecule has 0 saturated heterocycles. The molecule has 16 heavy (non-hydrogen) atoms. The molecular formula is C10H8F3NO2. The van der Waals surface area contributed by atoms with E-state index in [-0.39, 0.29) is 17.0 Å². The van der Waals surface area contributed by atoms with Crippen LogP contribution in [0.5, 0.6) is 5.75 Å². The Bertz CT molecular complexity index is 442. The molecule has 6 heteroatoms. The third-order valence-corrected chi connectivity index (χ3v) is 2.40. The van der Waals surface area contributed by atoms with E-state index in [1.165, 1.54) is 18.2 Å². The first-order valence-electron chi connectivity index (χ1n) is 4.55. The zero-order valence-corrected chi connectivity index (χ0v) is 8.04. The van der Waals surface area contributed by atoms with E-state index >= 15 is 0 Å². The number of anilines is 1. The molecule has 1 heterocycles. The monoisotopic (exact) mass is 231 g/mol. The molecule has 1 unspecified atom stereocenters. The van der Waals surface area contributed by atoms with Crippen LogP contribution in [0.3, 0.4) is 0 Å². The van der Waals surface area contributed by atoms with Gasteiger partial charge in [-0.3, -0.25) is 4.79 Å². The van der Waals surface area contributed by atoms with E-state index in [0.717, 1.165) is 0 Å². The summed E-state index contributed by atoms with van der Waals surface area (Å²) in [5.41, 5.74) is 5.63. The molecule has 86 valence electrons. The average molecular weight is 231 g/mol. The number of fused-ring (bicyclic) bond motifs is 1. The molecule has 0 radical (unpaired) electrons. The maximum Gasteiger partial charge on any atom is 0.396 e. The van der Waals surface area contributed by atoms with Gasteiger partial charge in [-0.25, -0.2) is 0 Å². The molecule has 0 aliphatic carbocycles. The minimum absolute atomic E-state index is 0.0405. The van der Waals surface area contributed by atoms with E-state index in [0.29, 0.717) is 0 Å². The van der Waals surface area contributed by atoms with Gasteiger partial charge in [-0.15, -0.1) is 0 Å². The van der Waals surface area contributed by atoms with E-state index in [4.69, 9.17) is 10.5 Å². The second-order valence-corrected chi connectivity index (χ2v) is 3.57. The highest BCUT2D eigenvalue weighted by atomic mass is 19.4. The normalized spacial score (nSPS) is 20.2. The van der Waals surface area contributed by atoms with Crippen molar-refractivity contribution < 1.29 is 22.7 Å². The predicted molar refractivity (Wildman–Crippen MR) is 49.9 cm³/mol. The Kier molecular flexibility index (Phi) is 2.29. The number of rotatable bonds is 0. The standard InChI is InChI=1S/C10H8F3NO2/c11-10(12,13)7-4-9(15)16-8-3-5(14)1-2-6(7)8/h1-3,7H,4,14H2. The number of nitrogens with two attached hydrogens (primary N) is 1. The van der Waals surface area contributed by atoms with Crippen molar-refractivity contribution in [3.05, 3.63) is 23.8 Å². The summed E-state index contributed by atoms with van der Waals surface area (Å²) in [6, 6.07) is 3.83. The number of carbonyl (C=O) groups excluding carboxylic acids is 1. The van der Waals surface area contributed by atoms with Crippen LogP contribution in [0.1, 0.15) is 17.9 Å². The van der Waals surface area contributed by atoms with Crippen molar-refractivity contribution in [3.63, 3.8) is 0 Å². The number of hydrogen-bond acceptors (Lipinski definition) is 3. The topological polar surface area (TPSA) is 52.3 Å². The van der Waals surface area contributed by atoms with Gasteiger partial charge in [0.2, 0.25) is 0 Å². The first-order valence-corrected chi connectivity index (χ1v) is 4.55. The summed E-state index contributed by atoms with van der Waals surface area (Å²) in [5.74, 6) is -2.79. The fourth-order valence-corrected chi connectivity index (χ4v) is 1.66. The first-order chi connectivity index (χ1) is 7.38. The van der Waals surface area contributed by atoms with Crippen molar-refractivity contribution in [2.45, 2.75) is 18.5 Å². The van der Waals surface area contributed by atoms with Crippen LogP contribution in [0.15, 0.2) is 18.2 Å². The van der Waals surface area contributed by atoms with Crippen molar-refractivity contribution >= 4 is 11.7 Å². The van der Waals surface area contributed by atoms with E-state index in [1.807, 2.05) is 0 Å². The van der Waals surface area contributed by atoms with E-state index in [9.17, 15) is 18.0 Å². The van der Waals surface area contributed by atoms with Gasteiger partial charge in [0.15, 0.2) is 0 Å². The molecule has 1 aromatic rings.